The largest absolute Gasteiger partial charge is 0.457 e. The summed E-state index contributed by atoms with van der Waals surface area (Å²) >= 11 is 0. The standard InChI is InChI=1S/C18H16N2O5/c21-17-2-1-11-19(17)15-9-5-14(6-10-15)18(22)25-12-13-3-7-16(8-4-13)20(23)24/h3-10H,1-2,11-12H2. The van der Waals surface area contributed by atoms with Gasteiger partial charge in [-0.1, -0.05) is 0 Å². The maximum atomic E-state index is 12.1. The van der Waals surface area contributed by atoms with E-state index in [1.54, 1.807) is 41.3 Å². The molecule has 1 saturated heterocycles. The second-order valence-electron chi connectivity index (χ2n) is 5.70. The van der Waals surface area contributed by atoms with E-state index < -0.39 is 10.9 Å². The molecule has 2 aromatic carbocycles. The van der Waals surface area contributed by atoms with Crippen LogP contribution in [0.1, 0.15) is 28.8 Å². The molecule has 7 nitrogen and oxygen atoms in total. The molecular weight excluding hydrogens is 324 g/mol. The Morgan fingerprint density at radius 2 is 1.80 bits per heavy atom. The summed E-state index contributed by atoms with van der Waals surface area (Å²) in [4.78, 5) is 35.6. The van der Waals surface area contributed by atoms with Crippen LogP contribution < -0.4 is 4.90 Å². The Bertz CT molecular complexity index is 799. The average molecular weight is 340 g/mol. The van der Waals surface area contributed by atoms with Gasteiger partial charge in [-0.2, -0.15) is 0 Å². The Hall–Kier alpha value is -3.22. The van der Waals surface area contributed by atoms with Crippen LogP contribution in [-0.4, -0.2) is 23.3 Å². The van der Waals surface area contributed by atoms with Crippen molar-refractivity contribution in [3.8, 4) is 0 Å². The van der Waals surface area contributed by atoms with E-state index in [4.69, 9.17) is 4.74 Å². The monoisotopic (exact) mass is 340 g/mol. The molecule has 1 heterocycles. The van der Waals surface area contributed by atoms with Crippen LogP contribution in [0.2, 0.25) is 0 Å². The molecule has 0 saturated carbocycles. The molecule has 0 atom stereocenters. The first-order valence-corrected chi connectivity index (χ1v) is 7.85. The summed E-state index contributed by atoms with van der Waals surface area (Å²) in [6, 6.07) is 12.5. The number of hydrogen-bond donors (Lipinski definition) is 0. The van der Waals surface area contributed by atoms with Crippen LogP contribution in [0, 0.1) is 10.1 Å². The number of hydrogen-bond acceptors (Lipinski definition) is 5. The third kappa shape index (κ3) is 3.82. The number of esters is 1. The van der Waals surface area contributed by atoms with Crippen molar-refractivity contribution in [2.75, 3.05) is 11.4 Å². The minimum atomic E-state index is -0.488. The topological polar surface area (TPSA) is 89.8 Å². The van der Waals surface area contributed by atoms with Crippen molar-refractivity contribution in [3.63, 3.8) is 0 Å². The van der Waals surface area contributed by atoms with Crippen molar-refractivity contribution in [1.82, 2.24) is 0 Å². The van der Waals surface area contributed by atoms with Gasteiger partial charge in [-0.3, -0.25) is 14.9 Å². The molecule has 0 aromatic heterocycles. The van der Waals surface area contributed by atoms with Crippen molar-refractivity contribution < 1.29 is 19.2 Å². The van der Waals surface area contributed by atoms with Gasteiger partial charge in [-0.05, 0) is 48.4 Å². The normalized spacial score (nSPS) is 13.8. The number of ether oxygens (including phenoxy) is 1. The van der Waals surface area contributed by atoms with E-state index in [9.17, 15) is 19.7 Å². The molecule has 0 N–H and O–H groups in total. The maximum absolute atomic E-state index is 12.1. The van der Waals surface area contributed by atoms with Crippen molar-refractivity contribution in [2.45, 2.75) is 19.4 Å². The molecule has 1 fully saturated rings. The molecule has 0 bridgehead atoms. The zero-order valence-corrected chi connectivity index (χ0v) is 13.4. The number of carbonyl (C=O) groups excluding carboxylic acids is 2. The fourth-order valence-electron chi connectivity index (χ4n) is 2.64. The van der Waals surface area contributed by atoms with Crippen molar-refractivity contribution in [3.05, 3.63) is 69.8 Å². The highest BCUT2D eigenvalue weighted by atomic mass is 16.6. The van der Waals surface area contributed by atoms with Gasteiger partial charge in [0.15, 0.2) is 0 Å². The molecule has 128 valence electrons. The molecule has 1 aliphatic heterocycles. The molecule has 0 unspecified atom stereocenters. The van der Waals surface area contributed by atoms with Crippen LogP contribution in [0.3, 0.4) is 0 Å². The summed E-state index contributed by atoms with van der Waals surface area (Å²) in [7, 11) is 0. The Kier molecular flexibility index (Phi) is 4.74. The number of nitrogens with zero attached hydrogens (tertiary/aromatic N) is 2. The van der Waals surface area contributed by atoms with Crippen LogP contribution in [0.4, 0.5) is 11.4 Å². The molecule has 0 radical (unpaired) electrons. The second kappa shape index (κ2) is 7.12. The highest BCUT2D eigenvalue weighted by molar-refractivity contribution is 5.96. The summed E-state index contributed by atoms with van der Waals surface area (Å²) < 4.78 is 5.21. The number of anilines is 1. The van der Waals surface area contributed by atoms with E-state index in [1.807, 2.05) is 0 Å². The molecular formula is C18H16N2O5. The first-order valence-electron chi connectivity index (χ1n) is 7.85. The maximum Gasteiger partial charge on any atom is 0.338 e. The van der Waals surface area contributed by atoms with Gasteiger partial charge in [0.1, 0.15) is 6.61 Å². The average Bonchev–Trinajstić information content (AvgIpc) is 3.06. The zero-order chi connectivity index (χ0) is 17.8. The first kappa shape index (κ1) is 16.6. The number of non-ortho nitro benzene ring substituents is 1. The van der Waals surface area contributed by atoms with Gasteiger partial charge in [-0.25, -0.2) is 4.79 Å². The van der Waals surface area contributed by atoms with Gasteiger partial charge in [0.25, 0.3) is 5.69 Å². The Morgan fingerprint density at radius 1 is 1.12 bits per heavy atom. The SMILES string of the molecule is O=C(OCc1ccc([N+](=O)[O-])cc1)c1ccc(N2CCCC2=O)cc1. The smallest absolute Gasteiger partial charge is 0.338 e. The van der Waals surface area contributed by atoms with Gasteiger partial charge < -0.3 is 9.64 Å². The Morgan fingerprint density at radius 3 is 2.36 bits per heavy atom. The number of benzene rings is 2. The molecule has 2 aromatic rings. The van der Waals surface area contributed by atoms with E-state index in [0.29, 0.717) is 24.1 Å². The van der Waals surface area contributed by atoms with Gasteiger partial charge in [-0.15, -0.1) is 0 Å². The minimum absolute atomic E-state index is 0.0119. The summed E-state index contributed by atoms with van der Waals surface area (Å²) in [6.07, 6.45) is 1.40. The lowest BCUT2D eigenvalue weighted by atomic mass is 10.2. The van der Waals surface area contributed by atoms with Crippen molar-refractivity contribution in [2.24, 2.45) is 0 Å². The predicted molar refractivity (Wildman–Crippen MR) is 90.2 cm³/mol. The van der Waals surface area contributed by atoms with Crippen molar-refractivity contribution in [1.29, 1.82) is 0 Å². The van der Waals surface area contributed by atoms with Crippen LogP contribution in [0.25, 0.3) is 0 Å². The van der Waals surface area contributed by atoms with Gasteiger partial charge in [0.2, 0.25) is 5.91 Å². The van der Waals surface area contributed by atoms with Crippen molar-refractivity contribution >= 4 is 23.3 Å². The zero-order valence-electron chi connectivity index (χ0n) is 13.4. The number of nitro benzene ring substituents is 1. The lowest BCUT2D eigenvalue weighted by Gasteiger charge is -2.15. The fraction of sp³-hybridized carbons (Fsp3) is 0.222. The lowest BCUT2D eigenvalue weighted by molar-refractivity contribution is -0.384. The third-order valence-electron chi connectivity index (χ3n) is 4.01. The van der Waals surface area contributed by atoms with Gasteiger partial charge in [0.05, 0.1) is 10.5 Å². The lowest BCUT2D eigenvalue weighted by Crippen LogP contribution is -2.23. The van der Waals surface area contributed by atoms with Crippen LogP contribution >= 0.6 is 0 Å². The number of nitro groups is 1. The third-order valence-corrected chi connectivity index (χ3v) is 4.01. The summed E-state index contributed by atoms with van der Waals surface area (Å²) in [5.41, 5.74) is 1.81. The van der Waals surface area contributed by atoms with E-state index >= 15 is 0 Å². The quantitative estimate of drug-likeness (QED) is 0.474. The summed E-state index contributed by atoms with van der Waals surface area (Å²) in [5, 5.41) is 10.6. The Labute approximate surface area is 144 Å². The molecule has 1 aliphatic rings. The van der Waals surface area contributed by atoms with E-state index in [0.717, 1.165) is 12.1 Å². The molecule has 0 aliphatic carbocycles. The second-order valence-corrected chi connectivity index (χ2v) is 5.70. The fourth-order valence-corrected chi connectivity index (χ4v) is 2.64. The highest BCUT2D eigenvalue weighted by Crippen LogP contribution is 2.22. The molecule has 25 heavy (non-hydrogen) atoms. The number of rotatable bonds is 5. The van der Waals surface area contributed by atoms with E-state index in [-0.39, 0.29) is 18.2 Å². The predicted octanol–water partition coefficient (Wildman–Crippen LogP) is 3.08. The van der Waals surface area contributed by atoms with E-state index in [1.165, 1.54) is 12.1 Å². The highest BCUT2D eigenvalue weighted by Gasteiger charge is 2.21. The van der Waals surface area contributed by atoms with E-state index in [2.05, 4.69) is 0 Å². The van der Waals surface area contributed by atoms with Gasteiger partial charge >= 0.3 is 5.97 Å². The summed E-state index contributed by atoms with van der Waals surface area (Å²) in [6.45, 7) is 0.728. The summed E-state index contributed by atoms with van der Waals surface area (Å²) in [5.74, 6) is -0.397. The van der Waals surface area contributed by atoms with Crippen LogP contribution in [0.5, 0.6) is 0 Å². The molecule has 3 rings (SSSR count). The minimum Gasteiger partial charge on any atom is -0.457 e. The number of carbonyl (C=O) groups is 2. The van der Waals surface area contributed by atoms with Gasteiger partial charge in [0, 0.05) is 30.8 Å². The molecule has 1 amide bonds. The number of amides is 1. The first-order chi connectivity index (χ1) is 12.0. The molecule has 7 heteroatoms. The Balaban J connectivity index is 1.59. The van der Waals surface area contributed by atoms with Crippen LogP contribution in [0.15, 0.2) is 48.5 Å². The molecule has 0 spiro atoms. The van der Waals surface area contributed by atoms with Crippen LogP contribution in [-0.2, 0) is 16.1 Å².